The van der Waals surface area contributed by atoms with Crippen LogP contribution in [0.1, 0.15) is 25.8 Å². The zero-order valence-electron chi connectivity index (χ0n) is 15.8. The van der Waals surface area contributed by atoms with Crippen LogP contribution in [0.4, 0.5) is 0 Å². The highest BCUT2D eigenvalue weighted by molar-refractivity contribution is 6.30. The highest BCUT2D eigenvalue weighted by Crippen LogP contribution is 2.12. The third-order valence-corrected chi connectivity index (χ3v) is 4.92. The molecule has 0 aliphatic carbocycles. The van der Waals surface area contributed by atoms with Gasteiger partial charge in [-0.3, -0.25) is 18.7 Å². The Labute approximate surface area is 167 Å². The number of carbonyl (C=O) groups excluding carboxylic acids is 1. The Morgan fingerprint density at radius 3 is 2.57 bits per heavy atom. The number of fused-ring (bicyclic) bond motifs is 1. The molecule has 0 spiro atoms. The molecule has 2 aromatic carbocycles. The molecule has 1 N–H and O–H groups in total. The molecule has 0 radical (unpaired) electrons. The summed E-state index contributed by atoms with van der Waals surface area (Å²) in [4.78, 5) is 38.4. The van der Waals surface area contributed by atoms with E-state index in [1.54, 1.807) is 48.5 Å². The number of para-hydroxylation sites is 1. The number of amides is 1. The first kappa shape index (κ1) is 19.9. The Morgan fingerprint density at radius 1 is 1.11 bits per heavy atom. The van der Waals surface area contributed by atoms with Crippen LogP contribution < -0.4 is 16.6 Å². The topological polar surface area (TPSA) is 73.1 Å². The number of rotatable bonds is 6. The van der Waals surface area contributed by atoms with Gasteiger partial charge in [-0.25, -0.2) is 4.79 Å². The summed E-state index contributed by atoms with van der Waals surface area (Å²) in [5.41, 5.74) is 0.263. The maximum absolute atomic E-state index is 13.1. The highest BCUT2D eigenvalue weighted by atomic mass is 35.5. The smallest absolute Gasteiger partial charge is 0.332 e. The molecule has 3 aromatic rings. The maximum Gasteiger partial charge on any atom is 0.332 e. The van der Waals surface area contributed by atoms with Gasteiger partial charge in [0, 0.05) is 11.1 Å². The van der Waals surface area contributed by atoms with Gasteiger partial charge in [-0.05, 0) is 43.2 Å². The second kappa shape index (κ2) is 8.44. The molecule has 1 amide bonds. The van der Waals surface area contributed by atoms with Crippen LogP contribution in [0.2, 0.25) is 5.02 Å². The molecule has 0 aliphatic heterocycles. The van der Waals surface area contributed by atoms with E-state index in [9.17, 15) is 14.4 Å². The Hall–Kier alpha value is -2.86. The SMILES string of the molecule is CC[C@H](C)NC(=O)Cn1c(=O)n(Cc2cccc(Cl)c2)c(=O)c2ccccc21. The second-order valence-electron chi connectivity index (χ2n) is 6.78. The van der Waals surface area contributed by atoms with Gasteiger partial charge in [-0.1, -0.05) is 42.8 Å². The minimum absolute atomic E-state index is 0.00633. The quantitative estimate of drug-likeness (QED) is 0.692. The van der Waals surface area contributed by atoms with Crippen molar-refractivity contribution in [3.05, 3.63) is 80.0 Å². The molecule has 0 saturated heterocycles. The number of nitrogens with one attached hydrogen (secondary N) is 1. The number of carbonyl (C=O) groups is 1. The Morgan fingerprint density at radius 2 is 1.86 bits per heavy atom. The molecule has 1 aromatic heterocycles. The van der Waals surface area contributed by atoms with E-state index in [1.807, 2.05) is 13.8 Å². The average molecular weight is 400 g/mol. The van der Waals surface area contributed by atoms with Crippen molar-refractivity contribution in [2.75, 3.05) is 0 Å². The van der Waals surface area contributed by atoms with Crippen molar-refractivity contribution >= 4 is 28.4 Å². The van der Waals surface area contributed by atoms with Gasteiger partial charge in [-0.15, -0.1) is 0 Å². The van der Waals surface area contributed by atoms with Gasteiger partial charge < -0.3 is 5.32 Å². The van der Waals surface area contributed by atoms with E-state index < -0.39 is 5.69 Å². The molecule has 0 bridgehead atoms. The van der Waals surface area contributed by atoms with Crippen molar-refractivity contribution in [2.24, 2.45) is 0 Å². The van der Waals surface area contributed by atoms with E-state index in [-0.39, 0.29) is 30.6 Å². The lowest BCUT2D eigenvalue weighted by Gasteiger charge is -2.16. The minimum Gasteiger partial charge on any atom is -0.352 e. The number of benzene rings is 2. The molecule has 1 atom stereocenters. The molecule has 6 nitrogen and oxygen atoms in total. The van der Waals surface area contributed by atoms with Crippen molar-refractivity contribution in [2.45, 2.75) is 39.4 Å². The monoisotopic (exact) mass is 399 g/mol. The van der Waals surface area contributed by atoms with E-state index in [0.29, 0.717) is 15.9 Å². The van der Waals surface area contributed by atoms with Crippen LogP contribution in [0.25, 0.3) is 10.9 Å². The number of hydrogen-bond acceptors (Lipinski definition) is 3. The molecule has 1 heterocycles. The van der Waals surface area contributed by atoms with Gasteiger partial charge in [0.2, 0.25) is 5.91 Å². The number of nitrogens with zero attached hydrogens (tertiary/aromatic N) is 2. The number of halogens is 1. The van der Waals surface area contributed by atoms with Crippen molar-refractivity contribution in [3.8, 4) is 0 Å². The standard InChI is InChI=1S/C21H22ClN3O3/c1-3-14(2)23-19(26)13-24-18-10-5-4-9-17(18)20(27)25(21(24)28)12-15-7-6-8-16(22)11-15/h4-11,14H,3,12-13H2,1-2H3,(H,23,26)/t14-/m0/s1. The van der Waals surface area contributed by atoms with Crippen LogP contribution in [0.5, 0.6) is 0 Å². The van der Waals surface area contributed by atoms with E-state index in [0.717, 1.165) is 16.6 Å². The Kier molecular flexibility index (Phi) is 5.99. The van der Waals surface area contributed by atoms with Crippen LogP contribution in [0.15, 0.2) is 58.1 Å². The Balaban J connectivity index is 2.11. The fourth-order valence-electron chi connectivity index (χ4n) is 3.05. The minimum atomic E-state index is -0.525. The van der Waals surface area contributed by atoms with Crippen LogP contribution in [-0.4, -0.2) is 21.1 Å². The fourth-order valence-corrected chi connectivity index (χ4v) is 3.26. The lowest BCUT2D eigenvalue weighted by Crippen LogP contribution is -2.43. The van der Waals surface area contributed by atoms with Crippen molar-refractivity contribution in [1.29, 1.82) is 0 Å². The lowest BCUT2D eigenvalue weighted by molar-refractivity contribution is -0.122. The second-order valence-corrected chi connectivity index (χ2v) is 7.22. The molecule has 28 heavy (non-hydrogen) atoms. The molecule has 3 rings (SSSR count). The third-order valence-electron chi connectivity index (χ3n) is 4.68. The summed E-state index contributed by atoms with van der Waals surface area (Å²) < 4.78 is 2.49. The summed E-state index contributed by atoms with van der Waals surface area (Å²) in [5.74, 6) is -0.269. The zero-order chi connectivity index (χ0) is 20.3. The largest absolute Gasteiger partial charge is 0.352 e. The Bertz CT molecular complexity index is 1130. The maximum atomic E-state index is 13.1. The van der Waals surface area contributed by atoms with Crippen LogP contribution in [0, 0.1) is 0 Å². The predicted molar refractivity (Wildman–Crippen MR) is 111 cm³/mol. The number of hydrogen-bond donors (Lipinski definition) is 1. The van der Waals surface area contributed by atoms with Gasteiger partial charge in [-0.2, -0.15) is 0 Å². The molecule has 0 saturated carbocycles. The summed E-state index contributed by atoms with van der Waals surface area (Å²) in [7, 11) is 0. The first-order valence-corrected chi connectivity index (χ1v) is 9.54. The average Bonchev–Trinajstić information content (AvgIpc) is 2.68. The fraction of sp³-hybridized carbons (Fsp3) is 0.286. The van der Waals surface area contributed by atoms with E-state index in [2.05, 4.69) is 5.32 Å². The third kappa shape index (κ3) is 4.17. The van der Waals surface area contributed by atoms with Crippen LogP contribution >= 0.6 is 11.6 Å². The van der Waals surface area contributed by atoms with Gasteiger partial charge in [0.1, 0.15) is 6.54 Å². The van der Waals surface area contributed by atoms with E-state index >= 15 is 0 Å². The molecule has 0 fully saturated rings. The van der Waals surface area contributed by atoms with Crippen LogP contribution in [-0.2, 0) is 17.9 Å². The molecular formula is C21H22ClN3O3. The van der Waals surface area contributed by atoms with Crippen molar-refractivity contribution in [1.82, 2.24) is 14.5 Å². The van der Waals surface area contributed by atoms with Crippen molar-refractivity contribution in [3.63, 3.8) is 0 Å². The molecular weight excluding hydrogens is 378 g/mol. The van der Waals surface area contributed by atoms with Gasteiger partial charge in [0.05, 0.1) is 17.4 Å². The highest BCUT2D eigenvalue weighted by Gasteiger charge is 2.16. The predicted octanol–water partition coefficient (Wildman–Crippen LogP) is 2.78. The van der Waals surface area contributed by atoms with Gasteiger partial charge >= 0.3 is 5.69 Å². The van der Waals surface area contributed by atoms with E-state index in [1.165, 1.54) is 4.57 Å². The van der Waals surface area contributed by atoms with Crippen molar-refractivity contribution < 1.29 is 4.79 Å². The van der Waals surface area contributed by atoms with Gasteiger partial charge in [0.15, 0.2) is 0 Å². The summed E-state index contributed by atoms with van der Waals surface area (Å²) in [6, 6.07) is 13.8. The van der Waals surface area contributed by atoms with Gasteiger partial charge in [0.25, 0.3) is 5.56 Å². The first-order chi connectivity index (χ1) is 13.4. The normalized spacial score (nSPS) is 12.1. The molecule has 146 valence electrons. The summed E-state index contributed by atoms with van der Waals surface area (Å²) in [6.07, 6.45) is 0.787. The molecule has 0 unspecified atom stereocenters. The summed E-state index contributed by atoms with van der Waals surface area (Å²) >= 11 is 6.02. The number of aromatic nitrogens is 2. The summed E-state index contributed by atoms with van der Waals surface area (Å²) in [5, 5.41) is 3.77. The lowest BCUT2D eigenvalue weighted by atomic mass is 10.2. The van der Waals surface area contributed by atoms with Crippen LogP contribution in [0.3, 0.4) is 0 Å². The summed E-state index contributed by atoms with van der Waals surface area (Å²) in [6.45, 7) is 3.80. The molecule has 7 heteroatoms. The van der Waals surface area contributed by atoms with E-state index in [4.69, 9.17) is 11.6 Å². The zero-order valence-corrected chi connectivity index (χ0v) is 16.6. The first-order valence-electron chi connectivity index (χ1n) is 9.17. The molecule has 0 aliphatic rings.